The normalized spacial score (nSPS) is 14.7. The Hall–Kier alpha value is -1.16. The van der Waals surface area contributed by atoms with E-state index in [2.05, 4.69) is 5.32 Å². The number of amides is 1. The molecule has 0 aliphatic heterocycles. The van der Waals surface area contributed by atoms with E-state index in [0.29, 0.717) is 5.75 Å². The molecule has 0 heterocycles. The molecule has 0 saturated heterocycles. The minimum absolute atomic E-state index is 0.152. The van der Waals surface area contributed by atoms with E-state index in [1.807, 2.05) is 52.8 Å². The highest BCUT2D eigenvalue weighted by Gasteiger charge is 2.24. The number of rotatable bonds is 4. The van der Waals surface area contributed by atoms with Crippen molar-refractivity contribution in [3.8, 4) is 0 Å². The van der Waals surface area contributed by atoms with Gasteiger partial charge in [0, 0.05) is 22.1 Å². The highest BCUT2D eigenvalue weighted by molar-refractivity contribution is 7.85. The average molecular weight is 295 g/mol. The SMILES string of the molecule is Cc1ccc(C)c(C[S@@](=O)[C@H](C)C(=O)NC(C)(C)C)c1. The smallest absolute Gasteiger partial charge is 0.235 e. The van der Waals surface area contributed by atoms with Crippen molar-refractivity contribution in [2.45, 2.75) is 58.1 Å². The molecule has 0 spiro atoms. The number of benzene rings is 1. The Labute approximate surface area is 124 Å². The maximum atomic E-state index is 12.4. The molecule has 1 amide bonds. The monoisotopic (exact) mass is 295 g/mol. The summed E-state index contributed by atoms with van der Waals surface area (Å²) in [7, 11) is -1.21. The molecule has 3 nitrogen and oxygen atoms in total. The van der Waals surface area contributed by atoms with E-state index in [1.165, 1.54) is 0 Å². The van der Waals surface area contributed by atoms with Gasteiger partial charge in [0.2, 0.25) is 5.91 Å². The molecule has 4 heteroatoms. The second-order valence-corrected chi connectivity index (χ2v) is 8.09. The van der Waals surface area contributed by atoms with Crippen LogP contribution in [0, 0.1) is 13.8 Å². The molecule has 1 rings (SSSR count). The van der Waals surface area contributed by atoms with Crippen LogP contribution in [0.4, 0.5) is 0 Å². The molecular weight excluding hydrogens is 270 g/mol. The van der Waals surface area contributed by atoms with Gasteiger partial charge in [-0.2, -0.15) is 0 Å². The van der Waals surface area contributed by atoms with Crippen LogP contribution in [0.15, 0.2) is 18.2 Å². The maximum Gasteiger partial charge on any atom is 0.235 e. The summed E-state index contributed by atoms with van der Waals surface area (Å²) in [5, 5.41) is 2.37. The zero-order valence-electron chi connectivity index (χ0n) is 13.2. The lowest BCUT2D eigenvalue weighted by Crippen LogP contribution is -2.46. The quantitative estimate of drug-likeness (QED) is 0.928. The lowest BCUT2D eigenvalue weighted by Gasteiger charge is -2.23. The van der Waals surface area contributed by atoms with E-state index >= 15 is 0 Å². The van der Waals surface area contributed by atoms with Crippen molar-refractivity contribution in [2.75, 3.05) is 0 Å². The number of aryl methyl sites for hydroxylation is 2. The Kier molecular flexibility index (Phi) is 5.51. The van der Waals surface area contributed by atoms with Crippen LogP contribution in [0.2, 0.25) is 0 Å². The standard InChI is InChI=1S/C16H25NO2S/c1-11-7-8-12(2)14(9-11)10-20(19)13(3)15(18)17-16(4,5)6/h7-9,13H,10H2,1-6H3,(H,17,18)/t13-,20-/m1/s1. The van der Waals surface area contributed by atoms with Crippen molar-refractivity contribution in [2.24, 2.45) is 0 Å². The molecule has 1 aromatic carbocycles. The molecule has 1 N–H and O–H groups in total. The van der Waals surface area contributed by atoms with Gasteiger partial charge in [0.15, 0.2) is 0 Å². The maximum absolute atomic E-state index is 12.4. The first kappa shape index (κ1) is 16.9. The molecule has 0 radical (unpaired) electrons. The Morgan fingerprint density at radius 3 is 2.45 bits per heavy atom. The summed E-state index contributed by atoms with van der Waals surface area (Å²) in [6, 6.07) is 6.11. The van der Waals surface area contributed by atoms with E-state index < -0.39 is 16.0 Å². The molecular formula is C16H25NO2S. The fourth-order valence-electron chi connectivity index (χ4n) is 1.82. The van der Waals surface area contributed by atoms with Crippen LogP contribution in [-0.2, 0) is 21.3 Å². The summed E-state index contributed by atoms with van der Waals surface area (Å²) in [6.07, 6.45) is 0. The highest BCUT2D eigenvalue weighted by atomic mass is 32.2. The molecule has 0 unspecified atom stereocenters. The summed E-state index contributed by atoms with van der Waals surface area (Å²) in [6.45, 7) is 11.5. The number of carbonyl (C=O) groups is 1. The van der Waals surface area contributed by atoms with Gasteiger partial charge in [0.1, 0.15) is 5.25 Å². The van der Waals surface area contributed by atoms with Gasteiger partial charge in [-0.1, -0.05) is 23.8 Å². The first-order valence-electron chi connectivity index (χ1n) is 6.85. The topological polar surface area (TPSA) is 46.2 Å². The summed E-state index contributed by atoms with van der Waals surface area (Å²) < 4.78 is 12.4. The second kappa shape index (κ2) is 6.53. The third-order valence-electron chi connectivity index (χ3n) is 3.06. The zero-order chi connectivity index (χ0) is 15.5. The Bertz CT molecular complexity index is 518. The van der Waals surface area contributed by atoms with Gasteiger partial charge < -0.3 is 5.32 Å². The van der Waals surface area contributed by atoms with Crippen molar-refractivity contribution in [1.29, 1.82) is 0 Å². The van der Waals surface area contributed by atoms with Gasteiger partial charge in [0.25, 0.3) is 0 Å². The zero-order valence-corrected chi connectivity index (χ0v) is 14.1. The molecule has 2 atom stereocenters. The molecule has 0 bridgehead atoms. The van der Waals surface area contributed by atoms with E-state index in [1.54, 1.807) is 6.92 Å². The van der Waals surface area contributed by atoms with Crippen molar-refractivity contribution in [1.82, 2.24) is 5.32 Å². The summed E-state index contributed by atoms with van der Waals surface area (Å²) in [5.41, 5.74) is 3.02. The molecule has 0 aliphatic carbocycles. The number of carbonyl (C=O) groups excluding carboxylic acids is 1. The average Bonchev–Trinajstić information content (AvgIpc) is 2.30. The predicted octanol–water partition coefficient (Wildman–Crippen LogP) is 2.86. The Morgan fingerprint density at radius 2 is 1.90 bits per heavy atom. The number of nitrogens with one attached hydrogen (secondary N) is 1. The van der Waals surface area contributed by atoms with Crippen LogP contribution in [0.5, 0.6) is 0 Å². The van der Waals surface area contributed by atoms with Gasteiger partial charge in [-0.15, -0.1) is 0 Å². The van der Waals surface area contributed by atoms with Gasteiger partial charge in [0.05, 0.1) is 0 Å². The van der Waals surface area contributed by atoms with E-state index in [-0.39, 0.29) is 11.4 Å². The summed E-state index contributed by atoms with van der Waals surface area (Å²) in [4.78, 5) is 12.0. The first-order valence-corrected chi connectivity index (χ1v) is 8.23. The van der Waals surface area contributed by atoms with Crippen LogP contribution < -0.4 is 5.32 Å². The van der Waals surface area contributed by atoms with Gasteiger partial charge in [-0.05, 0) is 52.7 Å². The van der Waals surface area contributed by atoms with Crippen molar-refractivity contribution >= 4 is 16.7 Å². The van der Waals surface area contributed by atoms with E-state index in [4.69, 9.17) is 0 Å². The van der Waals surface area contributed by atoms with Crippen LogP contribution in [0.25, 0.3) is 0 Å². The second-order valence-electron chi connectivity index (χ2n) is 6.34. The molecule has 0 fully saturated rings. The predicted molar refractivity (Wildman–Crippen MR) is 85.1 cm³/mol. The number of hydrogen-bond donors (Lipinski definition) is 1. The highest BCUT2D eigenvalue weighted by Crippen LogP contribution is 2.15. The summed E-state index contributed by atoms with van der Waals surface area (Å²) in [5.74, 6) is 0.271. The minimum atomic E-state index is -1.21. The van der Waals surface area contributed by atoms with Gasteiger partial charge in [-0.25, -0.2) is 0 Å². The Morgan fingerprint density at radius 1 is 1.30 bits per heavy atom. The molecule has 0 aliphatic rings. The largest absolute Gasteiger partial charge is 0.350 e. The van der Waals surface area contributed by atoms with Gasteiger partial charge in [-0.3, -0.25) is 9.00 Å². The Balaban J connectivity index is 2.75. The van der Waals surface area contributed by atoms with Crippen molar-refractivity contribution in [3.05, 3.63) is 34.9 Å². The minimum Gasteiger partial charge on any atom is -0.350 e. The number of hydrogen-bond acceptors (Lipinski definition) is 2. The molecule has 0 saturated carbocycles. The van der Waals surface area contributed by atoms with Crippen molar-refractivity contribution in [3.63, 3.8) is 0 Å². The lowest BCUT2D eigenvalue weighted by molar-refractivity contribution is -0.121. The van der Waals surface area contributed by atoms with Crippen LogP contribution in [0.3, 0.4) is 0 Å². The van der Waals surface area contributed by atoms with E-state index in [0.717, 1.165) is 16.7 Å². The fraction of sp³-hybridized carbons (Fsp3) is 0.562. The molecule has 1 aromatic rings. The first-order chi connectivity index (χ1) is 9.10. The molecule has 0 aromatic heterocycles. The van der Waals surface area contributed by atoms with Gasteiger partial charge >= 0.3 is 0 Å². The van der Waals surface area contributed by atoms with Crippen LogP contribution >= 0.6 is 0 Å². The van der Waals surface area contributed by atoms with Crippen LogP contribution in [0.1, 0.15) is 44.4 Å². The molecule has 20 heavy (non-hydrogen) atoms. The summed E-state index contributed by atoms with van der Waals surface area (Å²) >= 11 is 0. The van der Waals surface area contributed by atoms with Crippen LogP contribution in [-0.4, -0.2) is 20.9 Å². The fourth-order valence-corrected chi connectivity index (χ4v) is 2.99. The third-order valence-corrected chi connectivity index (χ3v) is 4.66. The molecule has 112 valence electrons. The third kappa shape index (κ3) is 5.08. The van der Waals surface area contributed by atoms with E-state index in [9.17, 15) is 9.00 Å². The van der Waals surface area contributed by atoms with Crippen molar-refractivity contribution < 1.29 is 9.00 Å². The lowest BCUT2D eigenvalue weighted by atomic mass is 10.1.